The van der Waals surface area contributed by atoms with Crippen molar-refractivity contribution in [3.8, 4) is 0 Å². The van der Waals surface area contributed by atoms with Crippen LogP contribution in [0.1, 0.15) is 20.3 Å². The third-order valence-corrected chi connectivity index (χ3v) is 3.41. The van der Waals surface area contributed by atoms with Crippen LogP contribution in [0.3, 0.4) is 0 Å². The Morgan fingerprint density at radius 3 is 1.85 bits per heavy atom. The van der Waals surface area contributed by atoms with Crippen LogP contribution in [0.25, 0.3) is 0 Å². The van der Waals surface area contributed by atoms with Gasteiger partial charge in [-0.25, -0.2) is 4.79 Å². The molecule has 0 fully saturated rings. The second-order valence-corrected chi connectivity index (χ2v) is 5.81. The monoisotopic (exact) mass is 391 g/mol. The van der Waals surface area contributed by atoms with Gasteiger partial charge in [0, 0.05) is 0 Å². The molecule has 0 aromatic rings. The fourth-order valence-corrected chi connectivity index (χ4v) is 1.76. The molecule has 5 atom stereocenters. The minimum Gasteiger partial charge on any atom is -0.480 e. The summed E-state index contributed by atoms with van der Waals surface area (Å²) in [5.41, 5.74) is 10.3. The molecule has 0 aliphatic heterocycles. The molecule has 154 valence electrons. The molecule has 0 aromatic carbocycles. The Kier molecular flexibility index (Phi) is 9.92. The van der Waals surface area contributed by atoms with Crippen molar-refractivity contribution in [1.82, 2.24) is 16.0 Å². The molecule has 0 saturated heterocycles. The van der Waals surface area contributed by atoms with Gasteiger partial charge in [-0.2, -0.15) is 0 Å². The highest BCUT2D eigenvalue weighted by atomic mass is 16.4. The van der Waals surface area contributed by atoms with Crippen molar-refractivity contribution in [2.45, 2.75) is 50.5 Å². The number of carbonyl (C=O) groups is 5. The molecule has 0 bridgehead atoms. The number of aliphatic carboxylic acids is 1. The molecule has 0 aliphatic carbocycles. The Balaban J connectivity index is 4.87. The number of rotatable bonds is 11. The second kappa shape index (κ2) is 11.1. The van der Waals surface area contributed by atoms with Crippen molar-refractivity contribution in [1.29, 1.82) is 0 Å². The molecule has 0 radical (unpaired) electrons. The minimum absolute atomic E-state index is 0.684. The van der Waals surface area contributed by atoms with Crippen LogP contribution in [0.2, 0.25) is 0 Å². The van der Waals surface area contributed by atoms with Crippen LogP contribution in [-0.2, 0) is 24.0 Å². The Bertz CT molecular complexity index is 582. The van der Waals surface area contributed by atoms with E-state index in [9.17, 15) is 34.2 Å². The summed E-state index contributed by atoms with van der Waals surface area (Å²) in [4.78, 5) is 57.6. The summed E-state index contributed by atoms with van der Waals surface area (Å²) in [7, 11) is 0. The smallest absolute Gasteiger partial charge is 0.326 e. The number of carboxylic acids is 1. The van der Waals surface area contributed by atoms with Crippen molar-refractivity contribution >= 4 is 29.6 Å². The van der Waals surface area contributed by atoms with Gasteiger partial charge in [0.15, 0.2) is 0 Å². The molecule has 13 heteroatoms. The van der Waals surface area contributed by atoms with Crippen LogP contribution in [-0.4, -0.2) is 81.8 Å². The number of carboxylic acid groups (broad SMARTS) is 1. The van der Waals surface area contributed by atoms with E-state index in [1.165, 1.54) is 13.8 Å². The first-order valence-corrected chi connectivity index (χ1v) is 7.87. The molecule has 27 heavy (non-hydrogen) atoms. The van der Waals surface area contributed by atoms with Crippen molar-refractivity contribution in [3.05, 3.63) is 0 Å². The Labute approximate surface area is 154 Å². The van der Waals surface area contributed by atoms with Crippen LogP contribution >= 0.6 is 0 Å². The number of amides is 4. The van der Waals surface area contributed by atoms with Gasteiger partial charge in [-0.3, -0.25) is 19.2 Å². The van der Waals surface area contributed by atoms with Crippen LogP contribution in [0.5, 0.6) is 0 Å². The zero-order chi connectivity index (χ0) is 21.3. The summed E-state index contributed by atoms with van der Waals surface area (Å²) in [5.74, 6) is -5.27. The predicted octanol–water partition coefficient (Wildman–Crippen LogP) is -4.88. The van der Waals surface area contributed by atoms with Gasteiger partial charge < -0.3 is 42.7 Å². The molecule has 4 amide bonds. The van der Waals surface area contributed by atoms with E-state index in [4.69, 9.17) is 16.6 Å². The highest BCUT2D eigenvalue weighted by molar-refractivity contribution is 5.94. The maximum absolute atomic E-state index is 12.0. The van der Waals surface area contributed by atoms with Gasteiger partial charge in [0.25, 0.3) is 0 Å². The standard InChI is InChI=1S/C14H25N5O8/c1-5(17-13(25)10(16)6(2)21)11(23)19-8(4-20)12(24)18-7(14(26)27)3-9(15)22/h5-8,10,20-21H,3-4,16H2,1-2H3,(H2,15,22)(H,17,25)(H,18,24)(H,19,23)(H,26,27). The van der Waals surface area contributed by atoms with Gasteiger partial charge in [-0.05, 0) is 13.8 Å². The second-order valence-electron chi connectivity index (χ2n) is 5.81. The van der Waals surface area contributed by atoms with E-state index < -0.39 is 72.9 Å². The lowest BCUT2D eigenvalue weighted by Crippen LogP contribution is -2.58. The van der Waals surface area contributed by atoms with Gasteiger partial charge in [0.05, 0.1) is 19.1 Å². The number of primary amides is 1. The predicted molar refractivity (Wildman–Crippen MR) is 89.7 cm³/mol. The SMILES string of the molecule is CC(NC(=O)C(N)C(C)O)C(=O)NC(CO)C(=O)NC(CC(N)=O)C(=O)O. The lowest BCUT2D eigenvalue weighted by molar-refractivity contribution is -0.144. The van der Waals surface area contributed by atoms with Gasteiger partial charge in [0.2, 0.25) is 23.6 Å². The van der Waals surface area contributed by atoms with E-state index in [-0.39, 0.29) is 0 Å². The van der Waals surface area contributed by atoms with E-state index in [2.05, 4.69) is 10.6 Å². The number of aliphatic hydroxyl groups excluding tert-OH is 2. The van der Waals surface area contributed by atoms with Crippen LogP contribution < -0.4 is 27.4 Å². The number of hydrogen-bond acceptors (Lipinski definition) is 8. The van der Waals surface area contributed by atoms with Crippen LogP contribution in [0, 0.1) is 0 Å². The average Bonchev–Trinajstić information content (AvgIpc) is 2.56. The largest absolute Gasteiger partial charge is 0.480 e. The molecule has 0 heterocycles. The Morgan fingerprint density at radius 1 is 0.926 bits per heavy atom. The molecule has 0 spiro atoms. The first-order valence-electron chi connectivity index (χ1n) is 7.87. The molecule has 0 aliphatic rings. The molecular formula is C14H25N5O8. The van der Waals surface area contributed by atoms with E-state index >= 15 is 0 Å². The molecule has 0 saturated carbocycles. The number of nitrogens with two attached hydrogens (primary N) is 2. The van der Waals surface area contributed by atoms with Crippen molar-refractivity contribution < 1.29 is 39.3 Å². The molecule has 0 rings (SSSR count). The fraction of sp³-hybridized carbons (Fsp3) is 0.643. The summed E-state index contributed by atoms with van der Waals surface area (Å²) >= 11 is 0. The maximum Gasteiger partial charge on any atom is 0.326 e. The highest BCUT2D eigenvalue weighted by Crippen LogP contribution is 1.96. The third kappa shape index (κ3) is 8.44. The quantitative estimate of drug-likeness (QED) is 0.168. The summed E-state index contributed by atoms with van der Waals surface area (Å²) in [6.07, 6.45) is -1.84. The number of carbonyl (C=O) groups excluding carboxylic acids is 4. The minimum atomic E-state index is -1.64. The highest BCUT2D eigenvalue weighted by Gasteiger charge is 2.29. The molecule has 5 unspecified atom stereocenters. The summed E-state index contributed by atoms with van der Waals surface area (Å²) in [6, 6.07) is -5.63. The zero-order valence-corrected chi connectivity index (χ0v) is 14.8. The summed E-state index contributed by atoms with van der Waals surface area (Å²) < 4.78 is 0. The number of hydrogen-bond donors (Lipinski definition) is 8. The maximum atomic E-state index is 12.0. The van der Waals surface area contributed by atoms with E-state index in [1.807, 2.05) is 5.32 Å². The lowest BCUT2D eigenvalue weighted by atomic mass is 10.1. The van der Waals surface area contributed by atoms with E-state index in [1.54, 1.807) is 0 Å². The lowest BCUT2D eigenvalue weighted by Gasteiger charge is -2.22. The zero-order valence-electron chi connectivity index (χ0n) is 14.8. The van der Waals surface area contributed by atoms with Crippen molar-refractivity contribution in [2.24, 2.45) is 11.5 Å². The van der Waals surface area contributed by atoms with Crippen molar-refractivity contribution in [3.63, 3.8) is 0 Å². The van der Waals surface area contributed by atoms with Gasteiger partial charge in [-0.1, -0.05) is 0 Å². The Morgan fingerprint density at radius 2 is 1.44 bits per heavy atom. The van der Waals surface area contributed by atoms with Crippen molar-refractivity contribution in [2.75, 3.05) is 6.61 Å². The number of nitrogens with one attached hydrogen (secondary N) is 3. The Hall–Kier alpha value is -2.77. The topological polar surface area (TPSA) is 234 Å². The van der Waals surface area contributed by atoms with E-state index in [0.717, 1.165) is 0 Å². The van der Waals surface area contributed by atoms with Crippen LogP contribution in [0.15, 0.2) is 0 Å². The molecular weight excluding hydrogens is 366 g/mol. The van der Waals surface area contributed by atoms with Gasteiger partial charge in [-0.15, -0.1) is 0 Å². The number of aliphatic hydroxyl groups is 2. The van der Waals surface area contributed by atoms with E-state index in [0.29, 0.717) is 0 Å². The molecule has 0 aromatic heterocycles. The molecule has 13 nitrogen and oxygen atoms in total. The normalized spacial score (nSPS) is 16.2. The summed E-state index contributed by atoms with van der Waals surface area (Å²) in [5, 5.41) is 33.7. The molecule has 10 N–H and O–H groups in total. The fourth-order valence-electron chi connectivity index (χ4n) is 1.76. The van der Waals surface area contributed by atoms with Gasteiger partial charge in [0.1, 0.15) is 24.2 Å². The summed E-state index contributed by atoms with van der Waals surface area (Å²) in [6.45, 7) is 1.67. The first kappa shape index (κ1) is 24.2. The average molecular weight is 391 g/mol. The van der Waals surface area contributed by atoms with Crippen LogP contribution in [0.4, 0.5) is 0 Å². The third-order valence-electron chi connectivity index (χ3n) is 3.41. The van der Waals surface area contributed by atoms with Gasteiger partial charge >= 0.3 is 5.97 Å². The first-order chi connectivity index (χ1) is 12.4.